The number of rotatable bonds is 6. The molecular weight excluding hydrogens is 178 g/mol. The Morgan fingerprint density at radius 3 is 2.29 bits per heavy atom. The highest BCUT2D eigenvalue weighted by Gasteiger charge is 2.00. The van der Waals surface area contributed by atoms with Gasteiger partial charge in [0, 0.05) is 0 Å². The van der Waals surface area contributed by atoms with E-state index in [9.17, 15) is 0 Å². The van der Waals surface area contributed by atoms with Crippen molar-refractivity contribution in [3.8, 4) is 0 Å². The first-order valence-electron chi connectivity index (χ1n) is 4.76. The van der Waals surface area contributed by atoms with Gasteiger partial charge in [-0.05, 0) is 18.4 Å². The van der Waals surface area contributed by atoms with Crippen LogP contribution in [0.4, 0.5) is 0 Å². The molecule has 1 aromatic rings. The van der Waals surface area contributed by atoms with Gasteiger partial charge in [-0.25, -0.2) is 0 Å². The summed E-state index contributed by atoms with van der Waals surface area (Å²) in [4.78, 5) is 9.90. The van der Waals surface area contributed by atoms with E-state index in [2.05, 4.69) is 24.3 Å². The van der Waals surface area contributed by atoms with Crippen LogP contribution in [-0.4, -0.2) is 26.0 Å². The molecule has 0 amide bonds. The summed E-state index contributed by atoms with van der Waals surface area (Å²) in [6.45, 7) is 0.780. The van der Waals surface area contributed by atoms with E-state index in [0.29, 0.717) is 0 Å². The maximum absolute atomic E-state index is 4.95. The molecule has 0 radical (unpaired) electrons. The molecule has 0 aliphatic carbocycles. The van der Waals surface area contributed by atoms with Crippen molar-refractivity contribution in [1.82, 2.24) is 5.23 Å². The molecule has 0 aromatic heterocycles. The number of hydrogen-bond acceptors (Lipinski definition) is 3. The molecule has 0 heterocycles. The van der Waals surface area contributed by atoms with Crippen LogP contribution in [0, 0.1) is 0 Å². The van der Waals surface area contributed by atoms with E-state index < -0.39 is 0 Å². The van der Waals surface area contributed by atoms with Gasteiger partial charge in [0.1, 0.15) is 0 Å². The minimum absolute atomic E-state index is 0.780. The Bertz CT molecular complexity index is 234. The summed E-state index contributed by atoms with van der Waals surface area (Å²) >= 11 is 0. The molecule has 0 N–H and O–H groups in total. The highest BCUT2D eigenvalue weighted by molar-refractivity contribution is 5.14. The van der Waals surface area contributed by atoms with Crippen LogP contribution in [0.2, 0.25) is 0 Å². The van der Waals surface area contributed by atoms with Crippen molar-refractivity contribution in [1.29, 1.82) is 0 Å². The van der Waals surface area contributed by atoms with E-state index in [1.807, 2.05) is 6.07 Å². The van der Waals surface area contributed by atoms with Gasteiger partial charge in [-0.1, -0.05) is 35.6 Å². The average Bonchev–Trinajstić information content (AvgIpc) is 2.26. The highest BCUT2D eigenvalue weighted by atomic mass is 16.9. The number of hydroxylamine groups is 2. The molecule has 1 rings (SSSR count). The largest absolute Gasteiger partial charge is 0.278 e. The molecule has 0 unspecified atom stereocenters. The van der Waals surface area contributed by atoms with E-state index in [0.717, 1.165) is 19.4 Å². The second kappa shape index (κ2) is 6.54. The van der Waals surface area contributed by atoms with Gasteiger partial charge in [0.2, 0.25) is 0 Å². The minimum atomic E-state index is 0.780. The van der Waals surface area contributed by atoms with Crippen LogP contribution in [0.5, 0.6) is 0 Å². The maximum Gasteiger partial charge on any atom is 0.0601 e. The Balaban J connectivity index is 2.21. The Hall–Kier alpha value is -0.900. The lowest BCUT2D eigenvalue weighted by molar-refractivity contribution is -0.342. The average molecular weight is 195 g/mol. The summed E-state index contributed by atoms with van der Waals surface area (Å²) in [5.41, 5.74) is 1.35. The van der Waals surface area contributed by atoms with Gasteiger partial charge in [0.25, 0.3) is 0 Å². The van der Waals surface area contributed by atoms with Gasteiger partial charge in [0.05, 0.1) is 20.8 Å². The SMILES string of the molecule is CON(CCCc1ccccc1)OC. The molecular formula is C11H17NO2. The number of aryl methyl sites for hydroxylation is 1. The standard InChI is InChI=1S/C11H17NO2/c1-13-12(14-2)10-6-9-11-7-4-3-5-8-11/h3-5,7-8H,6,9-10H2,1-2H3. The van der Waals surface area contributed by atoms with Gasteiger partial charge in [-0.15, -0.1) is 0 Å². The quantitative estimate of drug-likeness (QED) is 0.648. The Kier molecular flexibility index (Phi) is 5.22. The Morgan fingerprint density at radius 1 is 1.07 bits per heavy atom. The molecule has 0 bridgehead atoms. The van der Waals surface area contributed by atoms with Crippen LogP contribution in [-0.2, 0) is 16.1 Å². The fraction of sp³-hybridized carbons (Fsp3) is 0.455. The molecule has 1 aromatic carbocycles. The zero-order valence-electron chi connectivity index (χ0n) is 8.77. The molecule has 3 heteroatoms. The van der Waals surface area contributed by atoms with Crippen molar-refractivity contribution in [2.75, 3.05) is 20.8 Å². The second-order valence-electron chi connectivity index (χ2n) is 3.01. The lowest BCUT2D eigenvalue weighted by Crippen LogP contribution is -2.22. The van der Waals surface area contributed by atoms with Crippen LogP contribution < -0.4 is 0 Å². The summed E-state index contributed by atoms with van der Waals surface area (Å²) in [7, 11) is 3.21. The third-order valence-electron chi connectivity index (χ3n) is 2.06. The Morgan fingerprint density at radius 2 is 1.71 bits per heavy atom. The van der Waals surface area contributed by atoms with Crippen LogP contribution in [0.3, 0.4) is 0 Å². The summed E-state index contributed by atoms with van der Waals surface area (Å²) in [5.74, 6) is 0. The molecule has 0 aliphatic rings. The Labute approximate surface area is 85.2 Å². The van der Waals surface area contributed by atoms with Crippen molar-refractivity contribution in [2.24, 2.45) is 0 Å². The molecule has 0 saturated heterocycles. The molecule has 0 spiro atoms. The predicted octanol–water partition coefficient (Wildman–Crippen LogP) is 2.04. The van der Waals surface area contributed by atoms with Crippen molar-refractivity contribution in [3.05, 3.63) is 35.9 Å². The minimum Gasteiger partial charge on any atom is -0.278 e. The lowest BCUT2D eigenvalue weighted by atomic mass is 10.1. The van der Waals surface area contributed by atoms with Crippen molar-refractivity contribution in [2.45, 2.75) is 12.8 Å². The zero-order chi connectivity index (χ0) is 10.2. The zero-order valence-corrected chi connectivity index (χ0v) is 8.77. The summed E-state index contributed by atoms with van der Waals surface area (Å²) in [6.07, 6.45) is 2.07. The maximum atomic E-state index is 4.95. The summed E-state index contributed by atoms with van der Waals surface area (Å²) < 4.78 is 0. The van der Waals surface area contributed by atoms with Gasteiger partial charge >= 0.3 is 0 Å². The van der Waals surface area contributed by atoms with E-state index >= 15 is 0 Å². The van der Waals surface area contributed by atoms with E-state index in [4.69, 9.17) is 9.68 Å². The van der Waals surface area contributed by atoms with Crippen molar-refractivity contribution < 1.29 is 9.68 Å². The molecule has 3 nitrogen and oxygen atoms in total. The van der Waals surface area contributed by atoms with Crippen LogP contribution in [0.1, 0.15) is 12.0 Å². The monoisotopic (exact) mass is 195 g/mol. The highest BCUT2D eigenvalue weighted by Crippen LogP contribution is 2.03. The topological polar surface area (TPSA) is 21.7 Å². The van der Waals surface area contributed by atoms with E-state index in [1.165, 1.54) is 10.8 Å². The van der Waals surface area contributed by atoms with Crippen LogP contribution in [0.15, 0.2) is 30.3 Å². The van der Waals surface area contributed by atoms with E-state index in [-0.39, 0.29) is 0 Å². The first kappa shape index (κ1) is 11.2. The second-order valence-corrected chi connectivity index (χ2v) is 3.01. The number of hydrogen-bond donors (Lipinski definition) is 0. The molecule has 0 fully saturated rings. The van der Waals surface area contributed by atoms with Gasteiger partial charge in [-0.2, -0.15) is 0 Å². The van der Waals surface area contributed by atoms with Gasteiger partial charge < -0.3 is 0 Å². The number of nitrogens with zero attached hydrogens (tertiary/aromatic N) is 1. The first-order valence-corrected chi connectivity index (χ1v) is 4.76. The van der Waals surface area contributed by atoms with Crippen LogP contribution >= 0.6 is 0 Å². The van der Waals surface area contributed by atoms with Crippen molar-refractivity contribution >= 4 is 0 Å². The molecule has 0 aliphatic heterocycles. The smallest absolute Gasteiger partial charge is 0.0601 e. The lowest BCUT2D eigenvalue weighted by Gasteiger charge is -2.15. The predicted molar refractivity (Wildman–Crippen MR) is 55.5 cm³/mol. The molecule has 0 atom stereocenters. The van der Waals surface area contributed by atoms with Crippen LogP contribution in [0.25, 0.3) is 0 Å². The van der Waals surface area contributed by atoms with Gasteiger partial charge in [-0.3, -0.25) is 9.68 Å². The normalized spacial score (nSPS) is 10.8. The number of benzene rings is 1. The first-order chi connectivity index (χ1) is 6.86. The molecule has 14 heavy (non-hydrogen) atoms. The summed E-state index contributed by atoms with van der Waals surface area (Å²) in [5, 5.41) is 1.48. The van der Waals surface area contributed by atoms with E-state index in [1.54, 1.807) is 14.2 Å². The fourth-order valence-corrected chi connectivity index (χ4v) is 1.31. The third-order valence-corrected chi connectivity index (χ3v) is 2.06. The van der Waals surface area contributed by atoms with Crippen molar-refractivity contribution in [3.63, 3.8) is 0 Å². The fourth-order valence-electron chi connectivity index (χ4n) is 1.31. The molecule has 78 valence electrons. The molecule has 0 saturated carbocycles. The summed E-state index contributed by atoms with van der Waals surface area (Å²) in [6, 6.07) is 10.4. The van der Waals surface area contributed by atoms with Gasteiger partial charge in [0.15, 0.2) is 0 Å². The third kappa shape index (κ3) is 3.87.